The van der Waals surface area contributed by atoms with E-state index in [1.165, 1.54) is 4.68 Å². The van der Waals surface area contributed by atoms with Crippen LogP contribution in [0, 0.1) is 32.4 Å². The molecule has 0 bridgehead atoms. The number of anilines is 1. The van der Waals surface area contributed by atoms with Crippen LogP contribution in [-0.4, -0.2) is 22.3 Å². The van der Waals surface area contributed by atoms with E-state index < -0.39 is 11.6 Å². The van der Waals surface area contributed by atoms with Gasteiger partial charge >= 0.3 is 0 Å². The molecule has 3 rings (SSSR count). The van der Waals surface area contributed by atoms with Gasteiger partial charge in [0.15, 0.2) is 6.61 Å². The Kier molecular flexibility index (Phi) is 5.73. The second kappa shape index (κ2) is 8.21. The summed E-state index contributed by atoms with van der Waals surface area (Å²) < 4.78 is 34.3. The van der Waals surface area contributed by atoms with Gasteiger partial charge in [-0.25, -0.2) is 13.5 Å². The van der Waals surface area contributed by atoms with E-state index >= 15 is 0 Å². The number of carbonyl (C=O) groups excluding carboxylic acids is 1. The highest BCUT2D eigenvalue weighted by molar-refractivity contribution is 5.91. The molecular formula is C21H21F2N3O2. The number of rotatable bonds is 6. The van der Waals surface area contributed by atoms with Crippen LogP contribution in [0.1, 0.15) is 22.3 Å². The van der Waals surface area contributed by atoms with Crippen LogP contribution in [0.2, 0.25) is 0 Å². The number of ether oxygens (including phenoxy) is 1. The Labute approximate surface area is 161 Å². The molecule has 1 amide bonds. The first-order valence-electron chi connectivity index (χ1n) is 8.79. The summed E-state index contributed by atoms with van der Waals surface area (Å²) in [5, 5.41) is 6.88. The fourth-order valence-corrected chi connectivity index (χ4v) is 2.86. The Morgan fingerprint density at radius 2 is 1.89 bits per heavy atom. The quantitative estimate of drug-likeness (QED) is 0.693. The number of halogens is 2. The highest BCUT2D eigenvalue weighted by Gasteiger charge is 2.14. The molecule has 2 aromatic carbocycles. The van der Waals surface area contributed by atoms with Crippen LogP contribution in [0.25, 0.3) is 0 Å². The summed E-state index contributed by atoms with van der Waals surface area (Å²) in [4.78, 5) is 12.3. The lowest BCUT2D eigenvalue weighted by atomic mass is 10.1. The highest BCUT2D eigenvalue weighted by Crippen LogP contribution is 2.20. The molecule has 0 atom stereocenters. The summed E-state index contributed by atoms with van der Waals surface area (Å²) >= 11 is 0. The van der Waals surface area contributed by atoms with E-state index in [0.717, 1.165) is 29.3 Å². The first-order valence-corrected chi connectivity index (χ1v) is 8.79. The van der Waals surface area contributed by atoms with E-state index in [4.69, 9.17) is 4.74 Å². The summed E-state index contributed by atoms with van der Waals surface area (Å²) in [5.74, 6) is -0.395. The van der Waals surface area contributed by atoms with Gasteiger partial charge in [0, 0.05) is 11.1 Å². The molecule has 0 unspecified atom stereocenters. The zero-order valence-corrected chi connectivity index (χ0v) is 15.9. The van der Waals surface area contributed by atoms with E-state index in [1.807, 2.05) is 32.0 Å². The Bertz CT molecular complexity index is 1010. The number of aromatic nitrogens is 2. The van der Waals surface area contributed by atoms with Gasteiger partial charge in [-0.3, -0.25) is 4.79 Å². The maximum absolute atomic E-state index is 13.9. The molecule has 0 spiro atoms. The highest BCUT2D eigenvalue weighted by atomic mass is 19.1. The first kappa shape index (κ1) is 19.5. The van der Waals surface area contributed by atoms with Crippen LogP contribution in [0.3, 0.4) is 0 Å². The molecule has 0 fully saturated rings. The van der Waals surface area contributed by atoms with Crippen molar-refractivity contribution in [3.05, 3.63) is 76.5 Å². The van der Waals surface area contributed by atoms with Gasteiger partial charge in [-0.1, -0.05) is 17.7 Å². The van der Waals surface area contributed by atoms with Gasteiger partial charge < -0.3 is 10.1 Å². The van der Waals surface area contributed by atoms with Gasteiger partial charge in [-0.05, 0) is 50.6 Å². The third kappa shape index (κ3) is 4.54. The molecule has 0 saturated heterocycles. The smallest absolute Gasteiger partial charge is 0.263 e. The summed E-state index contributed by atoms with van der Waals surface area (Å²) in [6.07, 6.45) is 1.55. The van der Waals surface area contributed by atoms with Crippen molar-refractivity contribution in [3.63, 3.8) is 0 Å². The van der Waals surface area contributed by atoms with Gasteiger partial charge in [0.05, 0.1) is 12.7 Å². The number of amides is 1. The summed E-state index contributed by atoms with van der Waals surface area (Å²) in [7, 11) is 0. The maximum Gasteiger partial charge on any atom is 0.263 e. The second-order valence-corrected chi connectivity index (χ2v) is 6.68. The largest absolute Gasteiger partial charge is 0.483 e. The topological polar surface area (TPSA) is 56.1 Å². The van der Waals surface area contributed by atoms with Gasteiger partial charge in [0.25, 0.3) is 5.91 Å². The molecule has 146 valence electrons. The fourth-order valence-electron chi connectivity index (χ4n) is 2.86. The molecule has 0 saturated carbocycles. The molecule has 0 aliphatic rings. The van der Waals surface area contributed by atoms with Crippen molar-refractivity contribution in [1.29, 1.82) is 0 Å². The van der Waals surface area contributed by atoms with E-state index in [2.05, 4.69) is 10.4 Å². The first-order chi connectivity index (χ1) is 13.3. The van der Waals surface area contributed by atoms with Crippen molar-refractivity contribution in [3.8, 4) is 5.75 Å². The Balaban J connectivity index is 1.69. The number of benzene rings is 2. The predicted octanol–water partition coefficient (Wildman–Crippen LogP) is 4.15. The Morgan fingerprint density at radius 1 is 1.11 bits per heavy atom. The molecule has 0 aliphatic carbocycles. The van der Waals surface area contributed by atoms with Gasteiger partial charge in [-0.2, -0.15) is 5.10 Å². The molecule has 28 heavy (non-hydrogen) atoms. The van der Waals surface area contributed by atoms with Crippen LogP contribution in [0.4, 0.5) is 14.6 Å². The van der Waals surface area contributed by atoms with Gasteiger partial charge in [-0.15, -0.1) is 0 Å². The van der Waals surface area contributed by atoms with E-state index in [1.54, 1.807) is 13.1 Å². The molecule has 1 N–H and O–H groups in total. The lowest BCUT2D eigenvalue weighted by molar-refractivity contribution is -0.118. The maximum atomic E-state index is 13.9. The molecule has 1 aromatic heterocycles. The summed E-state index contributed by atoms with van der Waals surface area (Å²) in [5.41, 5.74) is 2.90. The molecule has 5 nitrogen and oxygen atoms in total. The minimum Gasteiger partial charge on any atom is -0.483 e. The average Bonchev–Trinajstić information content (AvgIpc) is 2.97. The van der Waals surface area contributed by atoms with Crippen molar-refractivity contribution in [2.45, 2.75) is 27.3 Å². The van der Waals surface area contributed by atoms with Crippen LogP contribution in [0.5, 0.6) is 5.75 Å². The normalized spacial score (nSPS) is 10.8. The number of aryl methyl sites for hydroxylation is 3. The van der Waals surface area contributed by atoms with Crippen molar-refractivity contribution >= 4 is 11.7 Å². The zero-order chi connectivity index (χ0) is 20.3. The molecule has 3 aromatic rings. The minimum absolute atomic E-state index is 0.00895. The zero-order valence-electron chi connectivity index (χ0n) is 15.9. The van der Waals surface area contributed by atoms with Crippen LogP contribution in [-0.2, 0) is 11.3 Å². The lowest BCUT2D eigenvalue weighted by Crippen LogP contribution is -2.23. The molecule has 1 heterocycles. The van der Waals surface area contributed by atoms with E-state index in [-0.39, 0.29) is 24.6 Å². The number of nitrogens with zero attached hydrogens (tertiary/aromatic N) is 2. The van der Waals surface area contributed by atoms with Crippen LogP contribution >= 0.6 is 0 Å². The molecule has 7 heteroatoms. The molecule has 0 aliphatic heterocycles. The molecule has 0 radical (unpaired) electrons. The monoisotopic (exact) mass is 385 g/mol. The van der Waals surface area contributed by atoms with Crippen LogP contribution < -0.4 is 10.1 Å². The number of carbonyl (C=O) groups is 1. The second-order valence-electron chi connectivity index (χ2n) is 6.68. The van der Waals surface area contributed by atoms with Crippen molar-refractivity contribution in [2.75, 3.05) is 11.9 Å². The van der Waals surface area contributed by atoms with Gasteiger partial charge in [0.2, 0.25) is 0 Å². The van der Waals surface area contributed by atoms with E-state index in [0.29, 0.717) is 17.1 Å². The third-order valence-electron chi connectivity index (χ3n) is 4.30. The van der Waals surface area contributed by atoms with Gasteiger partial charge in [0.1, 0.15) is 23.2 Å². The standard InChI is InChI=1S/C21H21F2N3O2/c1-13-4-7-19(14(2)8-13)28-12-20(27)25-21-15(3)10-24-26(21)11-16-9-17(22)5-6-18(16)23/h4-10H,11-12H2,1-3H3,(H,25,27). The summed E-state index contributed by atoms with van der Waals surface area (Å²) in [6, 6.07) is 8.94. The Hall–Kier alpha value is -3.22. The molecular weight excluding hydrogens is 364 g/mol. The third-order valence-corrected chi connectivity index (χ3v) is 4.30. The van der Waals surface area contributed by atoms with Crippen LogP contribution in [0.15, 0.2) is 42.6 Å². The average molecular weight is 385 g/mol. The van der Waals surface area contributed by atoms with Crippen molar-refractivity contribution in [2.24, 2.45) is 0 Å². The predicted molar refractivity (Wildman–Crippen MR) is 102 cm³/mol. The minimum atomic E-state index is -0.537. The summed E-state index contributed by atoms with van der Waals surface area (Å²) in [6.45, 7) is 5.47. The fraction of sp³-hybridized carbons (Fsp3) is 0.238. The lowest BCUT2D eigenvalue weighted by Gasteiger charge is -2.13. The number of hydrogen-bond donors (Lipinski definition) is 1. The van der Waals surface area contributed by atoms with E-state index in [9.17, 15) is 13.6 Å². The SMILES string of the molecule is Cc1ccc(OCC(=O)Nc2c(C)cnn2Cc2cc(F)ccc2F)c(C)c1. The Morgan fingerprint density at radius 3 is 2.64 bits per heavy atom. The van der Waals surface area contributed by atoms with Crippen molar-refractivity contribution < 1.29 is 18.3 Å². The number of nitrogens with one attached hydrogen (secondary N) is 1. The number of hydrogen-bond acceptors (Lipinski definition) is 3. The van der Waals surface area contributed by atoms with Crippen molar-refractivity contribution in [1.82, 2.24) is 9.78 Å².